The number of ether oxygens (including phenoxy) is 2. The summed E-state index contributed by atoms with van der Waals surface area (Å²) in [7, 11) is 1.58. The molecular formula is C20H23FN2O2. The molecule has 0 bridgehead atoms. The number of hydrogen-bond acceptors (Lipinski definition) is 4. The lowest BCUT2D eigenvalue weighted by atomic mass is 10.1. The molecule has 0 spiro atoms. The summed E-state index contributed by atoms with van der Waals surface area (Å²) >= 11 is 0. The molecule has 0 saturated carbocycles. The van der Waals surface area contributed by atoms with Gasteiger partial charge < -0.3 is 14.8 Å². The van der Waals surface area contributed by atoms with Crippen LogP contribution in [0.1, 0.15) is 36.9 Å². The SMILES string of the molecule is COc1ccc(F)cc1C(C)NCc1cccc(OCCCC#N)c1. The van der Waals surface area contributed by atoms with Crippen molar-refractivity contribution in [2.24, 2.45) is 0 Å². The summed E-state index contributed by atoms with van der Waals surface area (Å²) in [6.45, 7) is 3.12. The highest BCUT2D eigenvalue weighted by Crippen LogP contribution is 2.26. The molecule has 0 heterocycles. The lowest BCUT2D eigenvalue weighted by Gasteiger charge is -2.18. The normalized spacial score (nSPS) is 11.6. The Balaban J connectivity index is 1.94. The standard InChI is InChI=1S/C20H23FN2O2/c1-15(19-13-17(21)8-9-20(19)24-2)23-14-16-6-5-7-18(12-16)25-11-4-3-10-22/h5-9,12-13,15,23H,3-4,11,14H2,1-2H3. The fourth-order valence-electron chi connectivity index (χ4n) is 2.51. The highest BCUT2D eigenvalue weighted by atomic mass is 19.1. The Morgan fingerprint density at radius 1 is 1.24 bits per heavy atom. The van der Waals surface area contributed by atoms with Gasteiger partial charge in [0.1, 0.15) is 17.3 Å². The third-order valence-corrected chi connectivity index (χ3v) is 3.87. The number of methoxy groups -OCH3 is 1. The number of halogens is 1. The minimum atomic E-state index is -0.280. The Labute approximate surface area is 148 Å². The van der Waals surface area contributed by atoms with Gasteiger partial charge in [0.15, 0.2) is 0 Å². The molecule has 0 aromatic heterocycles. The molecule has 0 aliphatic rings. The van der Waals surface area contributed by atoms with Gasteiger partial charge >= 0.3 is 0 Å². The van der Waals surface area contributed by atoms with Gasteiger partial charge in [-0.1, -0.05) is 12.1 Å². The fourth-order valence-corrected chi connectivity index (χ4v) is 2.51. The van der Waals surface area contributed by atoms with Crippen LogP contribution in [0.15, 0.2) is 42.5 Å². The summed E-state index contributed by atoms with van der Waals surface area (Å²) in [5.74, 6) is 1.17. The predicted octanol–water partition coefficient (Wildman–Crippen LogP) is 4.37. The molecule has 1 unspecified atom stereocenters. The van der Waals surface area contributed by atoms with E-state index < -0.39 is 0 Å². The maximum Gasteiger partial charge on any atom is 0.123 e. The highest BCUT2D eigenvalue weighted by Gasteiger charge is 2.12. The van der Waals surface area contributed by atoms with Crippen LogP contribution in [0, 0.1) is 17.1 Å². The van der Waals surface area contributed by atoms with E-state index in [1.54, 1.807) is 13.2 Å². The first-order chi connectivity index (χ1) is 12.1. The molecular weight excluding hydrogens is 319 g/mol. The minimum absolute atomic E-state index is 0.0640. The van der Waals surface area contributed by atoms with Gasteiger partial charge in [-0.25, -0.2) is 4.39 Å². The smallest absolute Gasteiger partial charge is 0.123 e. The number of unbranched alkanes of at least 4 members (excludes halogenated alkanes) is 1. The van der Waals surface area contributed by atoms with Gasteiger partial charge in [-0.05, 0) is 49.2 Å². The average Bonchev–Trinajstić information content (AvgIpc) is 2.63. The van der Waals surface area contributed by atoms with Crippen molar-refractivity contribution >= 4 is 0 Å². The molecule has 1 N–H and O–H groups in total. The molecule has 25 heavy (non-hydrogen) atoms. The maximum absolute atomic E-state index is 13.5. The zero-order chi connectivity index (χ0) is 18.1. The van der Waals surface area contributed by atoms with E-state index in [2.05, 4.69) is 11.4 Å². The van der Waals surface area contributed by atoms with Crippen LogP contribution in [-0.4, -0.2) is 13.7 Å². The van der Waals surface area contributed by atoms with E-state index in [0.717, 1.165) is 23.3 Å². The van der Waals surface area contributed by atoms with E-state index in [1.807, 2.05) is 31.2 Å². The van der Waals surface area contributed by atoms with Crippen molar-refractivity contribution in [1.29, 1.82) is 5.26 Å². The summed E-state index contributed by atoms with van der Waals surface area (Å²) in [5, 5.41) is 11.9. The van der Waals surface area contributed by atoms with Gasteiger partial charge in [-0.2, -0.15) is 5.26 Å². The largest absolute Gasteiger partial charge is 0.496 e. The van der Waals surface area contributed by atoms with Crippen LogP contribution in [0.25, 0.3) is 0 Å². The van der Waals surface area contributed by atoms with Crippen molar-refractivity contribution in [1.82, 2.24) is 5.32 Å². The van der Waals surface area contributed by atoms with Crippen LogP contribution < -0.4 is 14.8 Å². The van der Waals surface area contributed by atoms with Crippen LogP contribution in [0.3, 0.4) is 0 Å². The Hall–Kier alpha value is -2.58. The first kappa shape index (κ1) is 18.8. The van der Waals surface area contributed by atoms with Gasteiger partial charge in [0, 0.05) is 24.6 Å². The number of nitrogens with one attached hydrogen (secondary N) is 1. The van der Waals surface area contributed by atoms with Crippen molar-refractivity contribution in [3.05, 3.63) is 59.4 Å². The van der Waals surface area contributed by atoms with Crippen LogP contribution in [0.2, 0.25) is 0 Å². The van der Waals surface area contributed by atoms with Gasteiger partial charge in [0.25, 0.3) is 0 Å². The molecule has 0 radical (unpaired) electrons. The van der Waals surface area contributed by atoms with Crippen LogP contribution >= 0.6 is 0 Å². The molecule has 132 valence electrons. The predicted molar refractivity (Wildman–Crippen MR) is 95.0 cm³/mol. The lowest BCUT2D eigenvalue weighted by molar-refractivity contribution is 0.312. The minimum Gasteiger partial charge on any atom is -0.496 e. The zero-order valence-corrected chi connectivity index (χ0v) is 14.6. The van der Waals surface area contributed by atoms with Crippen LogP contribution in [0.5, 0.6) is 11.5 Å². The first-order valence-corrected chi connectivity index (χ1v) is 8.29. The van der Waals surface area contributed by atoms with E-state index in [-0.39, 0.29) is 11.9 Å². The van der Waals surface area contributed by atoms with Crippen molar-refractivity contribution in [3.63, 3.8) is 0 Å². The Bertz CT molecular complexity index is 728. The van der Waals surface area contributed by atoms with E-state index in [0.29, 0.717) is 25.3 Å². The Kier molecular flexibility index (Phi) is 7.24. The highest BCUT2D eigenvalue weighted by molar-refractivity contribution is 5.36. The lowest BCUT2D eigenvalue weighted by Crippen LogP contribution is -2.19. The zero-order valence-electron chi connectivity index (χ0n) is 14.6. The fraction of sp³-hybridized carbons (Fsp3) is 0.350. The average molecular weight is 342 g/mol. The van der Waals surface area contributed by atoms with Crippen LogP contribution in [-0.2, 0) is 6.54 Å². The van der Waals surface area contributed by atoms with Gasteiger partial charge in [0.05, 0.1) is 19.8 Å². The first-order valence-electron chi connectivity index (χ1n) is 8.29. The van der Waals surface area contributed by atoms with Crippen molar-refractivity contribution in [3.8, 4) is 17.6 Å². The second-order valence-electron chi connectivity index (χ2n) is 5.75. The van der Waals surface area contributed by atoms with E-state index >= 15 is 0 Å². The Morgan fingerprint density at radius 2 is 2.08 bits per heavy atom. The maximum atomic E-state index is 13.5. The van der Waals surface area contributed by atoms with Crippen molar-refractivity contribution in [2.45, 2.75) is 32.4 Å². The summed E-state index contributed by atoms with van der Waals surface area (Å²) in [6.07, 6.45) is 1.21. The van der Waals surface area contributed by atoms with Gasteiger partial charge in [0.2, 0.25) is 0 Å². The molecule has 4 nitrogen and oxygen atoms in total. The molecule has 1 atom stereocenters. The van der Waals surface area contributed by atoms with E-state index in [9.17, 15) is 4.39 Å². The monoisotopic (exact) mass is 342 g/mol. The molecule has 0 aliphatic carbocycles. The third-order valence-electron chi connectivity index (χ3n) is 3.87. The number of hydrogen-bond donors (Lipinski definition) is 1. The molecule has 0 aliphatic heterocycles. The second-order valence-corrected chi connectivity index (χ2v) is 5.75. The second kappa shape index (κ2) is 9.65. The molecule has 5 heteroatoms. The molecule has 2 aromatic rings. The molecule has 0 saturated heterocycles. The molecule has 0 amide bonds. The quantitative estimate of drug-likeness (QED) is 0.688. The molecule has 0 fully saturated rings. The number of benzene rings is 2. The van der Waals surface area contributed by atoms with Crippen LogP contribution in [0.4, 0.5) is 4.39 Å². The molecule has 2 aromatic carbocycles. The van der Waals surface area contributed by atoms with E-state index in [1.165, 1.54) is 12.1 Å². The number of nitrogens with zero attached hydrogens (tertiary/aromatic N) is 1. The Morgan fingerprint density at radius 3 is 2.84 bits per heavy atom. The molecule has 2 rings (SSSR count). The summed E-state index contributed by atoms with van der Waals surface area (Å²) in [6, 6.07) is 14.4. The number of rotatable bonds is 9. The van der Waals surface area contributed by atoms with Crippen molar-refractivity contribution in [2.75, 3.05) is 13.7 Å². The van der Waals surface area contributed by atoms with E-state index in [4.69, 9.17) is 14.7 Å². The van der Waals surface area contributed by atoms with Crippen molar-refractivity contribution < 1.29 is 13.9 Å². The number of nitriles is 1. The summed E-state index contributed by atoms with van der Waals surface area (Å²) < 4.78 is 24.5. The topological polar surface area (TPSA) is 54.3 Å². The third kappa shape index (κ3) is 5.77. The summed E-state index contributed by atoms with van der Waals surface area (Å²) in [5.41, 5.74) is 1.85. The van der Waals surface area contributed by atoms with Gasteiger partial charge in [-0.3, -0.25) is 0 Å². The summed E-state index contributed by atoms with van der Waals surface area (Å²) in [4.78, 5) is 0. The van der Waals surface area contributed by atoms with Gasteiger partial charge in [-0.15, -0.1) is 0 Å².